The van der Waals surface area contributed by atoms with Gasteiger partial charge in [-0.05, 0) is 43.7 Å². The minimum absolute atomic E-state index is 0.327. The summed E-state index contributed by atoms with van der Waals surface area (Å²) >= 11 is 0. The number of hydrogen-bond donors (Lipinski definition) is 0. The van der Waals surface area contributed by atoms with E-state index >= 15 is 0 Å². The lowest BCUT2D eigenvalue weighted by molar-refractivity contribution is 0.181. The number of ether oxygens (including phenoxy) is 1. The minimum atomic E-state index is -3.44. The monoisotopic (exact) mass is 374 g/mol. The molecular weight excluding hydrogens is 348 g/mol. The van der Waals surface area contributed by atoms with E-state index in [1.54, 1.807) is 28.6 Å². The molecule has 6 heteroatoms. The van der Waals surface area contributed by atoms with Gasteiger partial charge in [-0.2, -0.15) is 4.31 Å². The van der Waals surface area contributed by atoms with E-state index in [9.17, 15) is 8.42 Å². The molecule has 0 aliphatic carbocycles. The lowest BCUT2D eigenvalue weighted by atomic mass is 10.1. The SMILES string of the molecule is CCOc1ccc(S(=O)(=O)N2CCN(Cc3ccc(C)cc3)CC2)cc1. The Hall–Kier alpha value is -1.89. The molecule has 0 saturated carbocycles. The molecule has 1 aliphatic heterocycles. The molecular formula is C20H26N2O3S. The summed E-state index contributed by atoms with van der Waals surface area (Å²) < 4.78 is 32.6. The van der Waals surface area contributed by atoms with Gasteiger partial charge in [-0.3, -0.25) is 4.90 Å². The van der Waals surface area contributed by atoms with Crippen LogP contribution in [0.2, 0.25) is 0 Å². The van der Waals surface area contributed by atoms with Gasteiger partial charge < -0.3 is 4.74 Å². The van der Waals surface area contributed by atoms with E-state index in [0.717, 1.165) is 19.6 Å². The summed E-state index contributed by atoms with van der Waals surface area (Å²) in [6.45, 7) is 7.92. The summed E-state index contributed by atoms with van der Waals surface area (Å²) in [5, 5.41) is 0. The maximum Gasteiger partial charge on any atom is 0.243 e. The highest BCUT2D eigenvalue weighted by atomic mass is 32.2. The first kappa shape index (κ1) is 18.9. The van der Waals surface area contributed by atoms with Gasteiger partial charge >= 0.3 is 0 Å². The van der Waals surface area contributed by atoms with Crippen LogP contribution in [0.25, 0.3) is 0 Å². The van der Waals surface area contributed by atoms with Crippen molar-refractivity contribution in [1.82, 2.24) is 9.21 Å². The molecule has 1 saturated heterocycles. The highest BCUT2D eigenvalue weighted by Crippen LogP contribution is 2.21. The fraction of sp³-hybridized carbons (Fsp3) is 0.400. The molecule has 1 fully saturated rings. The van der Waals surface area contributed by atoms with Crippen LogP contribution in [0, 0.1) is 6.92 Å². The summed E-state index contributed by atoms with van der Waals surface area (Å²) in [5.41, 5.74) is 2.51. The summed E-state index contributed by atoms with van der Waals surface area (Å²) in [4.78, 5) is 2.63. The Morgan fingerprint density at radius 3 is 2.12 bits per heavy atom. The first-order chi connectivity index (χ1) is 12.5. The van der Waals surface area contributed by atoms with Crippen LogP contribution in [0.3, 0.4) is 0 Å². The summed E-state index contributed by atoms with van der Waals surface area (Å²) in [5.74, 6) is 0.689. The number of nitrogens with zero attached hydrogens (tertiary/aromatic N) is 2. The standard InChI is InChI=1S/C20H26N2O3S/c1-3-25-19-8-10-20(11-9-19)26(23,24)22-14-12-21(13-15-22)16-18-6-4-17(2)5-7-18/h4-11H,3,12-16H2,1-2H3. The molecule has 26 heavy (non-hydrogen) atoms. The van der Waals surface area contributed by atoms with Crippen LogP contribution in [-0.2, 0) is 16.6 Å². The predicted molar refractivity (Wildman–Crippen MR) is 103 cm³/mol. The van der Waals surface area contributed by atoms with E-state index in [0.29, 0.717) is 30.3 Å². The fourth-order valence-electron chi connectivity index (χ4n) is 3.10. The summed E-state index contributed by atoms with van der Waals surface area (Å²) in [6.07, 6.45) is 0. The lowest BCUT2D eigenvalue weighted by Gasteiger charge is -2.34. The Bertz CT molecular complexity index is 809. The zero-order valence-electron chi connectivity index (χ0n) is 15.4. The van der Waals surface area contributed by atoms with Crippen molar-refractivity contribution in [3.8, 4) is 5.75 Å². The van der Waals surface area contributed by atoms with Crippen molar-refractivity contribution in [1.29, 1.82) is 0 Å². The molecule has 0 amide bonds. The largest absolute Gasteiger partial charge is 0.494 e. The Morgan fingerprint density at radius 2 is 1.54 bits per heavy atom. The first-order valence-corrected chi connectivity index (χ1v) is 10.4. The third kappa shape index (κ3) is 4.44. The van der Waals surface area contributed by atoms with E-state index in [1.165, 1.54) is 11.1 Å². The molecule has 0 N–H and O–H groups in total. The van der Waals surface area contributed by atoms with Crippen LogP contribution in [0.5, 0.6) is 5.75 Å². The quantitative estimate of drug-likeness (QED) is 0.780. The number of piperazine rings is 1. The van der Waals surface area contributed by atoms with Crippen LogP contribution >= 0.6 is 0 Å². The van der Waals surface area contributed by atoms with Crippen molar-refractivity contribution in [2.45, 2.75) is 25.3 Å². The Kier molecular flexibility index (Phi) is 5.96. The number of benzene rings is 2. The van der Waals surface area contributed by atoms with Crippen LogP contribution in [0.15, 0.2) is 53.4 Å². The average molecular weight is 375 g/mol. The third-order valence-electron chi connectivity index (χ3n) is 4.63. The van der Waals surface area contributed by atoms with Crippen molar-refractivity contribution in [3.63, 3.8) is 0 Å². The van der Waals surface area contributed by atoms with Crippen molar-refractivity contribution in [2.75, 3.05) is 32.8 Å². The van der Waals surface area contributed by atoms with E-state index in [4.69, 9.17) is 4.74 Å². The normalized spacial score (nSPS) is 16.5. The van der Waals surface area contributed by atoms with E-state index in [-0.39, 0.29) is 0 Å². The molecule has 0 bridgehead atoms. The predicted octanol–water partition coefficient (Wildman–Crippen LogP) is 2.90. The molecule has 140 valence electrons. The Balaban J connectivity index is 1.60. The van der Waals surface area contributed by atoms with Gasteiger partial charge in [0.25, 0.3) is 0 Å². The molecule has 3 rings (SSSR count). The van der Waals surface area contributed by atoms with Crippen molar-refractivity contribution >= 4 is 10.0 Å². The van der Waals surface area contributed by atoms with Crippen LogP contribution in [-0.4, -0.2) is 50.4 Å². The second kappa shape index (κ2) is 8.20. The topological polar surface area (TPSA) is 49.9 Å². The Morgan fingerprint density at radius 1 is 0.923 bits per heavy atom. The van der Waals surface area contributed by atoms with Crippen LogP contribution in [0.1, 0.15) is 18.1 Å². The number of sulfonamides is 1. The van der Waals surface area contributed by atoms with Gasteiger partial charge in [-0.1, -0.05) is 29.8 Å². The average Bonchev–Trinajstić information content (AvgIpc) is 2.65. The maximum absolute atomic E-state index is 12.8. The van der Waals surface area contributed by atoms with Crippen molar-refractivity contribution in [2.24, 2.45) is 0 Å². The number of aryl methyl sites for hydroxylation is 1. The summed E-state index contributed by atoms with van der Waals surface area (Å²) in [6, 6.07) is 15.2. The van der Waals surface area contributed by atoms with Gasteiger partial charge in [-0.25, -0.2) is 8.42 Å². The summed E-state index contributed by atoms with van der Waals surface area (Å²) in [7, 11) is -3.44. The second-order valence-corrected chi connectivity index (χ2v) is 8.51. The molecule has 0 radical (unpaired) electrons. The minimum Gasteiger partial charge on any atom is -0.494 e. The highest BCUT2D eigenvalue weighted by molar-refractivity contribution is 7.89. The van der Waals surface area contributed by atoms with Crippen molar-refractivity contribution in [3.05, 3.63) is 59.7 Å². The third-order valence-corrected chi connectivity index (χ3v) is 6.54. The second-order valence-electron chi connectivity index (χ2n) is 6.57. The molecule has 0 aromatic heterocycles. The van der Waals surface area contributed by atoms with E-state index in [2.05, 4.69) is 36.1 Å². The smallest absolute Gasteiger partial charge is 0.243 e. The fourth-order valence-corrected chi connectivity index (χ4v) is 4.53. The molecule has 1 heterocycles. The number of hydrogen-bond acceptors (Lipinski definition) is 4. The van der Waals surface area contributed by atoms with Gasteiger partial charge in [0.15, 0.2) is 0 Å². The molecule has 0 spiro atoms. The van der Waals surface area contributed by atoms with Gasteiger partial charge in [0.05, 0.1) is 11.5 Å². The molecule has 0 unspecified atom stereocenters. The first-order valence-electron chi connectivity index (χ1n) is 9.00. The van der Waals surface area contributed by atoms with E-state index in [1.807, 2.05) is 6.92 Å². The van der Waals surface area contributed by atoms with Crippen LogP contribution in [0.4, 0.5) is 0 Å². The van der Waals surface area contributed by atoms with Gasteiger partial charge in [0.1, 0.15) is 5.75 Å². The maximum atomic E-state index is 12.8. The highest BCUT2D eigenvalue weighted by Gasteiger charge is 2.28. The Labute approximate surface area is 156 Å². The van der Waals surface area contributed by atoms with Crippen LogP contribution < -0.4 is 4.74 Å². The molecule has 5 nitrogen and oxygen atoms in total. The van der Waals surface area contributed by atoms with Gasteiger partial charge in [0, 0.05) is 32.7 Å². The van der Waals surface area contributed by atoms with Gasteiger partial charge in [-0.15, -0.1) is 0 Å². The lowest BCUT2D eigenvalue weighted by Crippen LogP contribution is -2.48. The molecule has 1 aliphatic rings. The molecule has 0 atom stereocenters. The zero-order valence-corrected chi connectivity index (χ0v) is 16.2. The van der Waals surface area contributed by atoms with Gasteiger partial charge in [0.2, 0.25) is 10.0 Å². The molecule has 2 aromatic rings. The molecule has 2 aromatic carbocycles. The van der Waals surface area contributed by atoms with E-state index < -0.39 is 10.0 Å². The number of rotatable bonds is 6. The van der Waals surface area contributed by atoms with Crippen molar-refractivity contribution < 1.29 is 13.2 Å². The zero-order chi connectivity index (χ0) is 18.6.